The molecule has 2 heterocycles. The van der Waals surface area contributed by atoms with E-state index in [-0.39, 0.29) is 6.54 Å². The molecule has 1 aliphatic rings. The summed E-state index contributed by atoms with van der Waals surface area (Å²) in [7, 11) is 1.52. The summed E-state index contributed by atoms with van der Waals surface area (Å²) in [5, 5.41) is 6.70. The van der Waals surface area contributed by atoms with Gasteiger partial charge in [-0.2, -0.15) is 0 Å². The third-order valence-electron chi connectivity index (χ3n) is 4.21. The van der Waals surface area contributed by atoms with Crippen molar-refractivity contribution in [2.75, 3.05) is 25.1 Å². The van der Waals surface area contributed by atoms with Crippen molar-refractivity contribution in [2.45, 2.75) is 45.9 Å². The van der Waals surface area contributed by atoms with Crippen LogP contribution in [0.1, 0.15) is 27.7 Å². The molecular weight excluding hydrogens is 396 g/mol. The summed E-state index contributed by atoms with van der Waals surface area (Å²) < 4.78 is 13.6. The number of amides is 2. The van der Waals surface area contributed by atoms with Crippen molar-refractivity contribution in [3.8, 4) is 0 Å². The third-order valence-corrected chi connectivity index (χ3v) is 5.24. The number of alkyl carbamates (subject to hydrolysis) is 1. The van der Waals surface area contributed by atoms with Crippen LogP contribution >= 0.6 is 11.3 Å². The normalized spacial score (nSPS) is 17.6. The molecule has 10 heteroatoms. The van der Waals surface area contributed by atoms with Crippen molar-refractivity contribution in [2.24, 2.45) is 5.16 Å². The van der Waals surface area contributed by atoms with Gasteiger partial charge in [-0.15, -0.1) is 0 Å². The van der Waals surface area contributed by atoms with Gasteiger partial charge in [-0.05, 0) is 45.9 Å². The van der Waals surface area contributed by atoms with Gasteiger partial charge in [0.2, 0.25) is 4.80 Å². The van der Waals surface area contributed by atoms with E-state index in [0.29, 0.717) is 6.54 Å². The van der Waals surface area contributed by atoms with Crippen molar-refractivity contribution >= 4 is 39.4 Å². The predicted octanol–water partition coefficient (Wildman–Crippen LogP) is 3.03. The zero-order valence-electron chi connectivity index (χ0n) is 17.2. The molecule has 1 atom stereocenters. The van der Waals surface area contributed by atoms with Gasteiger partial charge in [-0.25, -0.2) is 9.59 Å². The highest BCUT2D eigenvalue weighted by atomic mass is 32.1. The van der Waals surface area contributed by atoms with Gasteiger partial charge in [0.15, 0.2) is 0 Å². The lowest BCUT2D eigenvalue weighted by Gasteiger charge is -2.20. The highest BCUT2D eigenvalue weighted by molar-refractivity contribution is 7.16. The van der Waals surface area contributed by atoms with Crippen LogP contribution in [-0.2, 0) is 20.9 Å². The van der Waals surface area contributed by atoms with Crippen LogP contribution in [0.15, 0.2) is 23.4 Å². The van der Waals surface area contributed by atoms with E-state index in [1.54, 1.807) is 25.7 Å². The Labute approximate surface area is 172 Å². The number of anilines is 1. The van der Waals surface area contributed by atoms with E-state index in [0.717, 1.165) is 27.3 Å². The highest BCUT2D eigenvalue weighted by Crippen LogP contribution is 2.27. The van der Waals surface area contributed by atoms with E-state index in [2.05, 4.69) is 10.5 Å². The molecule has 1 saturated heterocycles. The first-order valence-corrected chi connectivity index (χ1v) is 10.2. The molecular formula is C19H26N4O5S. The number of cyclic esters (lactones) is 1. The zero-order valence-corrected chi connectivity index (χ0v) is 18.0. The molecule has 0 spiro atoms. The average Bonchev–Trinajstić information content (AvgIpc) is 3.17. The standard InChI is InChI=1S/C19H26N4O5S/c1-6-22-14-8-7-12(9-15(14)29-16(22)21-26-5)23-11-13(27-18(23)25)10-20-17(24)28-19(2,3)4/h7-9,13H,6,10-11H2,1-5H3,(H,20,24). The first-order chi connectivity index (χ1) is 13.7. The molecule has 9 nitrogen and oxygen atoms in total. The van der Waals surface area contributed by atoms with Crippen molar-refractivity contribution in [3.05, 3.63) is 23.0 Å². The summed E-state index contributed by atoms with van der Waals surface area (Å²) in [6.07, 6.45) is -1.43. The van der Waals surface area contributed by atoms with E-state index >= 15 is 0 Å². The van der Waals surface area contributed by atoms with Gasteiger partial charge in [0.1, 0.15) is 18.8 Å². The van der Waals surface area contributed by atoms with Crippen LogP contribution in [0.3, 0.4) is 0 Å². The van der Waals surface area contributed by atoms with Gasteiger partial charge in [0.05, 0.1) is 23.3 Å². The number of rotatable bonds is 5. The summed E-state index contributed by atoms with van der Waals surface area (Å²) in [4.78, 5) is 31.4. The van der Waals surface area contributed by atoms with Gasteiger partial charge in [0, 0.05) is 12.2 Å². The molecule has 1 unspecified atom stereocenters. The van der Waals surface area contributed by atoms with Crippen LogP contribution in [0.5, 0.6) is 0 Å². The molecule has 1 aliphatic heterocycles. The van der Waals surface area contributed by atoms with Crippen molar-refractivity contribution in [1.82, 2.24) is 9.88 Å². The number of hydrogen-bond donors (Lipinski definition) is 1. The van der Waals surface area contributed by atoms with Gasteiger partial charge < -0.3 is 24.2 Å². The largest absolute Gasteiger partial charge is 0.444 e. The summed E-state index contributed by atoms with van der Waals surface area (Å²) in [5.74, 6) is 0. The second kappa shape index (κ2) is 8.32. The Kier molecular flexibility index (Phi) is 6.02. The zero-order chi connectivity index (χ0) is 21.2. The average molecular weight is 423 g/mol. The fraction of sp³-hybridized carbons (Fsp3) is 0.526. The molecule has 29 heavy (non-hydrogen) atoms. The maximum atomic E-state index is 12.3. The second-order valence-electron chi connectivity index (χ2n) is 7.55. The van der Waals surface area contributed by atoms with Crippen LogP contribution in [0.4, 0.5) is 15.3 Å². The maximum Gasteiger partial charge on any atom is 0.414 e. The lowest BCUT2D eigenvalue weighted by Crippen LogP contribution is -2.38. The number of aryl methyl sites for hydroxylation is 1. The topological polar surface area (TPSA) is 94.4 Å². The van der Waals surface area contributed by atoms with E-state index < -0.39 is 23.9 Å². The first kappa shape index (κ1) is 21.0. The van der Waals surface area contributed by atoms with Crippen LogP contribution in [0, 0.1) is 0 Å². The highest BCUT2D eigenvalue weighted by Gasteiger charge is 2.33. The monoisotopic (exact) mass is 422 g/mol. The Hall–Kier alpha value is -2.75. The maximum absolute atomic E-state index is 12.3. The Morgan fingerprint density at radius 1 is 1.41 bits per heavy atom. The molecule has 0 bridgehead atoms. The number of fused-ring (bicyclic) bond motifs is 1. The molecule has 1 aromatic heterocycles. The summed E-state index contributed by atoms with van der Waals surface area (Å²) >= 11 is 1.49. The number of thiazole rings is 1. The number of carbonyl (C=O) groups excluding carboxylic acids is 2. The summed E-state index contributed by atoms with van der Waals surface area (Å²) in [5.41, 5.74) is 1.17. The first-order valence-electron chi connectivity index (χ1n) is 9.37. The van der Waals surface area contributed by atoms with Gasteiger partial charge in [-0.3, -0.25) is 4.90 Å². The van der Waals surface area contributed by atoms with E-state index in [9.17, 15) is 9.59 Å². The van der Waals surface area contributed by atoms with Crippen LogP contribution in [0.2, 0.25) is 0 Å². The minimum Gasteiger partial charge on any atom is -0.444 e. The Bertz CT molecular complexity index is 975. The van der Waals surface area contributed by atoms with E-state index in [1.165, 1.54) is 18.4 Å². The number of carbonyl (C=O) groups is 2. The van der Waals surface area contributed by atoms with Crippen molar-refractivity contribution in [1.29, 1.82) is 0 Å². The summed E-state index contributed by atoms with van der Waals surface area (Å²) in [6.45, 7) is 8.69. The lowest BCUT2D eigenvalue weighted by atomic mass is 10.2. The van der Waals surface area contributed by atoms with Crippen molar-refractivity contribution in [3.63, 3.8) is 0 Å². The van der Waals surface area contributed by atoms with E-state index in [1.807, 2.05) is 29.7 Å². The van der Waals surface area contributed by atoms with Crippen LogP contribution < -0.4 is 15.0 Å². The SMILES string of the molecule is CCn1c(=NOC)sc2cc(N3CC(CNC(=O)OC(C)(C)C)OC3=O)ccc21. The van der Waals surface area contributed by atoms with Crippen LogP contribution in [0.25, 0.3) is 10.2 Å². The minimum atomic E-state index is -0.581. The molecule has 1 aromatic carbocycles. The molecule has 3 rings (SSSR count). The molecule has 1 fully saturated rings. The molecule has 2 amide bonds. The van der Waals surface area contributed by atoms with E-state index in [4.69, 9.17) is 14.3 Å². The summed E-state index contributed by atoms with van der Waals surface area (Å²) in [6, 6.07) is 5.77. The predicted molar refractivity (Wildman–Crippen MR) is 110 cm³/mol. The molecule has 2 aromatic rings. The van der Waals surface area contributed by atoms with Gasteiger partial charge >= 0.3 is 12.2 Å². The smallest absolute Gasteiger partial charge is 0.414 e. The Morgan fingerprint density at radius 3 is 2.83 bits per heavy atom. The number of aromatic nitrogens is 1. The molecule has 0 radical (unpaired) electrons. The second-order valence-corrected chi connectivity index (χ2v) is 8.56. The number of nitrogens with one attached hydrogen (secondary N) is 1. The molecule has 0 saturated carbocycles. The number of hydrogen-bond acceptors (Lipinski definition) is 7. The Balaban J connectivity index is 1.72. The quantitative estimate of drug-likeness (QED) is 0.748. The molecule has 158 valence electrons. The molecule has 1 N–H and O–H groups in total. The fourth-order valence-corrected chi connectivity index (χ4v) is 4.14. The van der Waals surface area contributed by atoms with Crippen LogP contribution in [-0.4, -0.2) is 48.7 Å². The lowest BCUT2D eigenvalue weighted by molar-refractivity contribution is 0.0496. The number of benzene rings is 1. The number of ether oxygens (including phenoxy) is 2. The molecule has 0 aliphatic carbocycles. The third kappa shape index (κ3) is 4.81. The van der Waals surface area contributed by atoms with Gasteiger partial charge in [-0.1, -0.05) is 16.5 Å². The fourth-order valence-electron chi connectivity index (χ4n) is 3.03. The van der Waals surface area contributed by atoms with Crippen molar-refractivity contribution < 1.29 is 23.9 Å². The van der Waals surface area contributed by atoms with Gasteiger partial charge in [0.25, 0.3) is 0 Å². The minimum absolute atomic E-state index is 0.186. The number of nitrogens with zero attached hydrogens (tertiary/aromatic N) is 3. The Morgan fingerprint density at radius 2 is 2.17 bits per heavy atom.